The number of hydrogen-bond acceptors (Lipinski definition) is 2. The van der Waals surface area contributed by atoms with Gasteiger partial charge < -0.3 is 11.1 Å². The third-order valence-corrected chi connectivity index (χ3v) is 4.30. The van der Waals surface area contributed by atoms with Crippen LogP contribution >= 0.6 is 12.4 Å². The Bertz CT molecular complexity index is 574. The molecule has 23 heavy (non-hydrogen) atoms. The highest BCUT2D eigenvalue weighted by Gasteiger charge is 2.33. The molecule has 0 spiro atoms. The van der Waals surface area contributed by atoms with Crippen molar-refractivity contribution in [3.63, 3.8) is 0 Å². The second kappa shape index (κ2) is 8.14. The number of hydrogen-bond donors (Lipinski definition) is 2. The topological polar surface area (TPSA) is 55.1 Å². The molecule has 0 bridgehead atoms. The van der Waals surface area contributed by atoms with Crippen molar-refractivity contribution in [3.05, 3.63) is 71.8 Å². The fourth-order valence-electron chi connectivity index (χ4n) is 2.92. The van der Waals surface area contributed by atoms with Gasteiger partial charge in [-0.15, -0.1) is 12.4 Å². The van der Waals surface area contributed by atoms with Gasteiger partial charge in [0.25, 0.3) is 0 Å². The highest BCUT2D eigenvalue weighted by Crippen LogP contribution is 2.33. The van der Waals surface area contributed by atoms with Crippen LogP contribution in [0.4, 0.5) is 0 Å². The molecule has 1 saturated carbocycles. The monoisotopic (exact) mass is 330 g/mol. The van der Waals surface area contributed by atoms with Crippen LogP contribution < -0.4 is 11.1 Å². The highest BCUT2D eigenvalue weighted by atomic mass is 35.5. The van der Waals surface area contributed by atoms with Crippen molar-refractivity contribution in [2.24, 2.45) is 11.7 Å². The lowest BCUT2D eigenvalue weighted by Crippen LogP contribution is -2.44. The van der Waals surface area contributed by atoms with Crippen molar-refractivity contribution in [1.82, 2.24) is 5.32 Å². The van der Waals surface area contributed by atoms with E-state index in [4.69, 9.17) is 5.73 Å². The van der Waals surface area contributed by atoms with Crippen molar-refractivity contribution in [2.75, 3.05) is 6.54 Å². The number of nitrogens with one attached hydrogen (secondary N) is 1. The zero-order chi connectivity index (χ0) is 15.4. The predicted octanol–water partition coefficient (Wildman–Crippen LogP) is 3.09. The summed E-state index contributed by atoms with van der Waals surface area (Å²) in [5, 5.41) is 3.16. The molecule has 1 aliphatic rings. The van der Waals surface area contributed by atoms with Crippen molar-refractivity contribution in [2.45, 2.75) is 24.8 Å². The second-order valence-corrected chi connectivity index (χ2v) is 5.94. The molecule has 3 nitrogen and oxygen atoms in total. The summed E-state index contributed by atoms with van der Waals surface area (Å²) in [6, 6.07) is 19.9. The lowest BCUT2D eigenvalue weighted by Gasteiger charge is -2.22. The number of amides is 1. The zero-order valence-electron chi connectivity index (χ0n) is 13.0. The summed E-state index contributed by atoms with van der Waals surface area (Å²) in [5.41, 5.74) is 7.85. The van der Waals surface area contributed by atoms with Gasteiger partial charge in [-0.25, -0.2) is 0 Å². The molecule has 4 heteroatoms. The van der Waals surface area contributed by atoms with Crippen molar-refractivity contribution < 1.29 is 4.79 Å². The van der Waals surface area contributed by atoms with Gasteiger partial charge in [0.05, 0.1) is 5.92 Å². The first kappa shape index (κ1) is 17.5. The van der Waals surface area contributed by atoms with Crippen LogP contribution in [-0.4, -0.2) is 18.5 Å². The molecular weight excluding hydrogens is 308 g/mol. The van der Waals surface area contributed by atoms with Gasteiger partial charge >= 0.3 is 0 Å². The first-order valence-electron chi connectivity index (χ1n) is 7.90. The predicted molar refractivity (Wildman–Crippen MR) is 95.7 cm³/mol. The molecule has 0 radical (unpaired) electrons. The van der Waals surface area contributed by atoms with Gasteiger partial charge in [0.2, 0.25) is 5.91 Å². The molecule has 0 aliphatic heterocycles. The second-order valence-electron chi connectivity index (χ2n) is 5.94. The molecule has 3 N–H and O–H groups in total. The van der Waals surface area contributed by atoms with E-state index in [0.717, 1.165) is 11.1 Å². The molecule has 3 rings (SSSR count). The number of carbonyl (C=O) groups excluding carboxylic acids is 1. The molecule has 0 heterocycles. The van der Waals surface area contributed by atoms with Gasteiger partial charge in [0.15, 0.2) is 0 Å². The first-order valence-corrected chi connectivity index (χ1v) is 7.90. The minimum absolute atomic E-state index is 0. The fourth-order valence-corrected chi connectivity index (χ4v) is 2.92. The van der Waals surface area contributed by atoms with Gasteiger partial charge in [-0.1, -0.05) is 60.7 Å². The van der Waals surface area contributed by atoms with Crippen molar-refractivity contribution in [1.29, 1.82) is 0 Å². The SMILES string of the molecule is Cl.NCC(NC(=O)C(c1ccccc1)c1ccccc1)C1CC1. The first-order chi connectivity index (χ1) is 10.8. The van der Waals surface area contributed by atoms with Crippen LogP contribution in [0.15, 0.2) is 60.7 Å². The Labute approximate surface area is 143 Å². The number of carbonyl (C=O) groups is 1. The normalized spacial score (nSPS) is 14.9. The summed E-state index contributed by atoms with van der Waals surface area (Å²) >= 11 is 0. The molecule has 1 amide bonds. The molecule has 0 saturated heterocycles. The smallest absolute Gasteiger partial charge is 0.232 e. The van der Waals surface area contributed by atoms with Crippen LogP contribution in [-0.2, 0) is 4.79 Å². The molecule has 1 unspecified atom stereocenters. The minimum Gasteiger partial charge on any atom is -0.351 e. The summed E-state index contributed by atoms with van der Waals surface area (Å²) in [6.45, 7) is 0.507. The standard InChI is InChI=1S/C19H22N2O.ClH/c20-13-17(14-11-12-14)21-19(22)18(15-7-3-1-4-8-15)16-9-5-2-6-10-16;/h1-10,14,17-18H,11-13,20H2,(H,21,22);1H. The molecule has 2 aromatic rings. The van der Waals surface area contributed by atoms with Gasteiger partial charge in [-0.3, -0.25) is 4.79 Å². The maximum absolute atomic E-state index is 12.9. The van der Waals surface area contributed by atoms with Gasteiger partial charge in [0, 0.05) is 12.6 Å². The van der Waals surface area contributed by atoms with Crippen LogP contribution in [0.1, 0.15) is 29.9 Å². The highest BCUT2D eigenvalue weighted by molar-refractivity contribution is 5.87. The summed E-state index contributed by atoms with van der Waals surface area (Å²) < 4.78 is 0. The van der Waals surface area contributed by atoms with E-state index >= 15 is 0 Å². The van der Waals surface area contributed by atoms with Gasteiger partial charge in [-0.05, 0) is 29.9 Å². The number of benzene rings is 2. The number of nitrogens with two attached hydrogens (primary N) is 1. The summed E-state index contributed by atoms with van der Waals surface area (Å²) in [5.74, 6) is 0.316. The molecular formula is C19H23ClN2O. The third-order valence-electron chi connectivity index (χ3n) is 4.30. The van der Waals surface area contributed by atoms with E-state index in [1.54, 1.807) is 0 Å². The number of rotatable bonds is 6. The Morgan fingerprint density at radius 2 is 1.48 bits per heavy atom. The van der Waals surface area contributed by atoms with Crippen molar-refractivity contribution >= 4 is 18.3 Å². The van der Waals surface area contributed by atoms with E-state index in [1.807, 2.05) is 60.7 Å². The maximum Gasteiger partial charge on any atom is 0.232 e. The Kier molecular flexibility index (Phi) is 6.20. The van der Waals surface area contributed by atoms with Gasteiger partial charge in [-0.2, -0.15) is 0 Å². The molecule has 0 aromatic heterocycles. The molecule has 1 atom stereocenters. The van der Waals surface area contributed by atoms with Crippen LogP contribution in [0.25, 0.3) is 0 Å². The van der Waals surface area contributed by atoms with Crippen LogP contribution in [0.2, 0.25) is 0 Å². The lowest BCUT2D eigenvalue weighted by atomic mass is 9.90. The van der Waals surface area contributed by atoms with E-state index in [2.05, 4.69) is 5.32 Å². The van der Waals surface area contributed by atoms with E-state index < -0.39 is 0 Å². The Balaban J connectivity index is 0.00000192. The minimum atomic E-state index is -0.282. The molecule has 2 aromatic carbocycles. The number of halogens is 1. The van der Waals surface area contributed by atoms with Crippen LogP contribution in [0.3, 0.4) is 0 Å². The van der Waals surface area contributed by atoms with Gasteiger partial charge in [0.1, 0.15) is 0 Å². The largest absolute Gasteiger partial charge is 0.351 e. The fraction of sp³-hybridized carbons (Fsp3) is 0.316. The van der Waals surface area contributed by atoms with Crippen LogP contribution in [0, 0.1) is 5.92 Å². The molecule has 1 fully saturated rings. The Morgan fingerprint density at radius 1 is 1.00 bits per heavy atom. The zero-order valence-corrected chi connectivity index (χ0v) is 13.8. The average Bonchev–Trinajstić information content (AvgIpc) is 3.40. The summed E-state index contributed by atoms with van der Waals surface area (Å²) in [6.07, 6.45) is 2.34. The Hall–Kier alpha value is -1.84. The molecule has 122 valence electrons. The molecule has 1 aliphatic carbocycles. The van der Waals surface area contributed by atoms with Crippen molar-refractivity contribution in [3.8, 4) is 0 Å². The van der Waals surface area contributed by atoms with E-state index in [0.29, 0.717) is 12.5 Å². The summed E-state index contributed by atoms with van der Waals surface area (Å²) in [7, 11) is 0. The average molecular weight is 331 g/mol. The van der Waals surface area contributed by atoms with E-state index in [1.165, 1.54) is 12.8 Å². The quantitative estimate of drug-likeness (QED) is 0.855. The van der Waals surface area contributed by atoms with E-state index in [-0.39, 0.29) is 30.3 Å². The lowest BCUT2D eigenvalue weighted by molar-refractivity contribution is -0.122. The van der Waals surface area contributed by atoms with E-state index in [9.17, 15) is 4.79 Å². The van der Waals surface area contributed by atoms with Crippen LogP contribution in [0.5, 0.6) is 0 Å². The summed E-state index contributed by atoms with van der Waals surface area (Å²) in [4.78, 5) is 12.9. The third kappa shape index (κ3) is 4.34. The maximum atomic E-state index is 12.9. The Morgan fingerprint density at radius 3 is 1.87 bits per heavy atom.